The number of hydrogen-bond donors (Lipinski definition) is 1. The Labute approximate surface area is 85.0 Å². The fourth-order valence-corrected chi connectivity index (χ4v) is 1.55. The average molecular weight is 251 g/mol. The van der Waals surface area contributed by atoms with Gasteiger partial charge in [0.25, 0.3) is 0 Å². The maximum absolute atomic E-state index is 5.50. The predicted octanol–water partition coefficient (Wildman–Crippen LogP) is 3.07. The molecule has 0 aliphatic rings. The highest BCUT2D eigenvalue weighted by Gasteiger charge is 1.99. The van der Waals surface area contributed by atoms with Crippen LogP contribution in [0.2, 0.25) is 0 Å². The molecule has 0 spiro atoms. The van der Waals surface area contributed by atoms with Crippen LogP contribution in [-0.4, -0.2) is 13.1 Å². The minimum atomic E-state index is 0.402. The summed E-state index contributed by atoms with van der Waals surface area (Å²) in [6.07, 6.45) is 0. The molecule has 1 aromatic carbocycles. The van der Waals surface area contributed by atoms with E-state index in [1.54, 1.807) is 7.11 Å². The van der Waals surface area contributed by atoms with Crippen molar-refractivity contribution in [3.05, 3.63) is 22.7 Å². The maximum Gasteiger partial charge on any atom is 0.133 e. The number of methoxy groups -OCH3 is 1. The highest BCUT2D eigenvalue weighted by molar-refractivity contribution is 9.10. The average Bonchev–Trinajstić information content (AvgIpc) is 2.05. The Bertz CT molecular complexity index is 267. The van der Waals surface area contributed by atoms with E-state index in [2.05, 4.69) is 21.2 Å². The van der Waals surface area contributed by atoms with Crippen LogP contribution in [0.1, 0.15) is 0 Å². The maximum atomic E-state index is 5.50. The first kappa shape index (κ1) is 9.68. The summed E-state index contributed by atoms with van der Waals surface area (Å²) in [5.41, 5.74) is 0.970. The van der Waals surface area contributed by atoms with E-state index in [1.165, 1.54) is 0 Å². The number of benzene rings is 1. The molecule has 0 atom stereocenters. The van der Waals surface area contributed by atoms with Gasteiger partial charge >= 0.3 is 0 Å². The second kappa shape index (κ2) is 4.58. The van der Waals surface area contributed by atoms with Crippen molar-refractivity contribution in [2.75, 3.05) is 18.4 Å². The Morgan fingerprint density at radius 2 is 2.33 bits per heavy atom. The summed E-state index contributed by atoms with van der Waals surface area (Å²) in [5.74, 6) is 0.815. The molecular formula is C8H9BrClNO. The van der Waals surface area contributed by atoms with Gasteiger partial charge in [-0.15, -0.1) is 11.6 Å². The second-order valence-corrected chi connectivity index (χ2v) is 3.28. The lowest BCUT2D eigenvalue weighted by atomic mass is 10.3. The smallest absolute Gasteiger partial charge is 0.133 e. The molecule has 2 nitrogen and oxygen atoms in total. The lowest BCUT2D eigenvalue weighted by molar-refractivity contribution is 0.412. The van der Waals surface area contributed by atoms with Gasteiger partial charge in [0.05, 0.1) is 17.6 Å². The van der Waals surface area contributed by atoms with E-state index in [0.717, 1.165) is 15.9 Å². The van der Waals surface area contributed by atoms with Gasteiger partial charge in [-0.05, 0) is 34.1 Å². The number of rotatable bonds is 3. The summed E-state index contributed by atoms with van der Waals surface area (Å²) >= 11 is 8.87. The van der Waals surface area contributed by atoms with Crippen LogP contribution < -0.4 is 10.1 Å². The largest absolute Gasteiger partial charge is 0.496 e. The van der Waals surface area contributed by atoms with Gasteiger partial charge in [-0.1, -0.05) is 0 Å². The van der Waals surface area contributed by atoms with E-state index in [1.807, 2.05) is 18.2 Å². The van der Waals surface area contributed by atoms with Crippen molar-refractivity contribution in [2.24, 2.45) is 0 Å². The van der Waals surface area contributed by atoms with Crippen LogP contribution in [0.25, 0.3) is 0 Å². The highest BCUT2D eigenvalue weighted by atomic mass is 79.9. The molecule has 0 aliphatic heterocycles. The zero-order valence-corrected chi connectivity index (χ0v) is 8.95. The molecule has 4 heteroatoms. The number of alkyl halides is 1. The van der Waals surface area contributed by atoms with E-state index >= 15 is 0 Å². The van der Waals surface area contributed by atoms with Crippen LogP contribution in [0.5, 0.6) is 5.75 Å². The van der Waals surface area contributed by atoms with Crippen LogP contribution in [0.4, 0.5) is 5.69 Å². The van der Waals surface area contributed by atoms with E-state index in [-0.39, 0.29) is 0 Å². The first-order valence-electron chi connectivity index (χ1n) is 3.41. The number of ether oxygens (including phenoxy) is 1. The molecule has 0 bridgehead atoms. The first-order chi connectivity index (χ1) is 5.77. The molecular weight excluding hydrogens is 241 g/mol. The van der Waals surface area contributed by atoms with E-state index in [9.17, 15) is 0 Å². The summed E-state index contributed by atoms with van der Waals surface area (Å²) in [6, 6.07) is 6.10. The standard InChI is InChI=1S/C8H9BrClNO/c1-12-8-3-2-6(11-5-10)4-7(8)9/h2-4,11H,5H2,1H3. The molecule has 0 saturated carbocycles. The van der Waals surface area contributed by atoms with Crippen LogP contribution in [0.3, 0.4) is 0 Å². The SMILES string of the molecule is COc1ccc(NCCl)cc1Br. The molecule has 1 N–H and O–H groups in total. The van der Waals surface area contributed by atoms with Gasteiger partial charge in [-0.3, -0.25) is 0 Å². The Kier molecular flexibility index (Phi) is 3.69. The van der Waals surface area contributed by atoms with Gasteiger partial charge in [-0.25, -0.2) is 0 Å². The van der Waals surface area contributed by atoms with Gasteiger partial charge in [0, 0.05) is 5.69 Å². The topological polar surface area (TPSA) is 21.3 Å². The summed E-state index contributed by atoms with van der Waals surface area (Å²) in [5, 5.41) is 2.98. The third kappa shape index (κ3) is 2.29. The summed E-state index contributed by atoms with van der Waals surface area (Å²) < 4.78 is 5.99. The van der Waals surface area contributed by atoms with Crippen molar-refractivity contribution in [2.45, 2.75) is 0 Å². The van der Waals surface area contributed by atoms with Crippen LogP contribution >= 0.6 is 27.5 Å². The van der Waals surface area contributed by atoms with Crippen LogP contribution in [0.15, 0.2) is 22.7 Å². The molecule has 0 fully saturated rings. The predicted molar refractivity (Wildman–Crippen MR) is 55.0 cm³/mol. The fourth-order valence-electron chi connectivity index (χ4n) is 0.853. The lowest BCUT2D eigenvalue weighted by Crippen LogP contribution is -1.94. The fraction of sp³-hybridized carbons (Fsp3) is 0.250. The van der Waals surface area contributed by atoms with E-state index < -0.39 is 0 Å². The van der Waals surface area contributed by atoms with Gasteiger partial charge in [0.2, 0.25) is 0 Å². The number of anilines is 1. The quantitative estimate of drug-likeness (QED) is 0.657. The number of nitrogens with one attached hydrogen (secondary N) is 1. The zero-order chi connectivity index (χ0) is 8.97. The summed E-state index contributed by atoms with van der Waals surface area (Å²) in [4.78, 5) is 0. The summed E-state index contributed by atoms with van der Waals surface area (Å²) in [6.45, 7) is 0. The normalized spacial score (nSPS) is 9.58. The molecule has 0 aromatic heterocycles. The Balaban J connectivity index is 2.86. The first-order valence-corrected chi connectivity index (χ1v) is 4.74. The van der Waals surface area contributed by atoms with Crippen molar-refractivity contribution < 1.29 is 4.74 Å². The van der Waals surface area contributed by atoms with Crippen LogP contribution in [0, 0.1) is 0 Å². The van der Waals surface area contributed by atoms with Gasteiger partial charge in [0.1, 0.15) is 5.75 Å². The minimum absolute atomic E-state index is 0.402. The van der Waals surface area contributed by atoms with Crippen molar-refractivity contribution in [1.82, 2.24) is 0 Å². The molecule has 12 heavy (non-hydrogen) atoms. The Hall–Kier alpha value is -0.410. The molecule has 0 heterocycles. The third-order valence-corrected chi connectivity index (χ3v) is 2.18. The number of halogens is 2. The molecule has 0 aliphatic carbocycles. The van der Waals surface area contributed by atoms with Gasteiger partial charge in [-0.2, -0.15) is 0 Å². The second-order valence-electron chi connectivity index (χ2n) is 2.16. The molecule has 0 unspecified atom stereocenters. The monoisotopic (exact) mass is 249 g/mol. The van der Waals surface area contributed by atoms with Crippen molar-refractivity contribution in [1.29, 1.82) is 0 Å². The van der Waals surface area contributed by atoms with Crippen LogP contribution in [-0.2, 0) is 0 Å². The van der Waals surface area contributed by atoms with E-state index in [0.29, 0.717) is 6.00 Å². The molecule has 1 aromatic rings. The zero-order valence-electron chi connectivity index (χ0n) is 6.60. The Morgan fingerprint density at radius 3 is 2.83 bits per heavy atom. The third-order valence-electron chi connectivity index (χ3n) is 1.42. The number of hydrogen-bond acceptors (Lipinski definition) is 2. The van der Waals surface area contributed by atoms with Crippen molar-refractivity contribution >= 4 is 33.2 Å². The molecule has 0 amide bonds. The molecule has 1 rings (SSSR count). The molecule has 0 saturated heterocycles. The molecule has 0 radical (unpaired) electrons. The van der Waals surface area contributed by atoms with Gasteiger partial charge in [0.15, 0.2) is 0 Å². The minimum Gasteiger partial charge on any atom is -0.496 e. The summed E-state index contributed by atoms with van der Waals surface area (Å²) in [7, 11) is 1.63. The van der Waals surface area contributed by atoms with Crippen molar-refractivity contribution in [3.8, 4) is 5.75 Å². The highest BCUT2D eigenvalue weighted by Crippen LogP contribution is 2.27. The van der Waals surface area contributed by atoms with Crippen molar-refractivity contribution in [3.63, 3.8) is 0 Å². The van der Waals surface area contributed by atoms with E-state index in [4.69, 9.17) is 16.3 Å². The van der Waals surface area contributed by atoms with Gasteiger partial charge < -0.3 is 10.1 Å². The molecule has 66 valence electrons. The lowest BCUT2D eigenvalue weighted by Gasteiger charge is -2.06. The Morgan fingerprint density at radius 1 is 1.58 bits per heavy atom.